The zero-order chi connectivity index (χ0) is 26.2. The first-order chi connectivity index (χ1) is 17.7. The van der Waals surface area contributed by atoms with E-state index in [0.717, 1.165) is 20.9 Å². The van der Waals surface area contributed by atoms with E-state index in [0.29, 0.717) is 34.3 Å². The van der Waals surface area contributed by atoms with Gasteiger partial charge in [0.1, 0.15) is 17.8 Å². The highest BCUT2D eigenvalue weighted by Crippen LogP contribution is 2.35. The van der Waals surface area contributed by atoms with Gasteiger partial charge in [-0.3, -0.25) is 4.79 Å². The molecule has 0 fully saturated rings. The van der Waals surface area contributed by atoms with Crippen molar-refractivity contribution in [3.8, 4) is 27.4 Å². The second kappa shape index (κ2) is 9.58. The van der Waals surface area contributed by atoms with Gasteiger partial charge in [0.15, 0.2) is 5.69 Å². The Morgan fingerprint density at radius 2 is 1.81 bits per heavy atom. The topological polar surface area (TPSA) is 104 Å². The quantitative estimate of drug-likeness (QED) is 0.307. The fourth-order valence-electron chi connectivity index (χ4n) is 3.93. The number of ether oxygens (including phenoxy) is 1. The van der Waals surface area contributed by atoms with Crippen LogP contribution in [0.4, 0.5) is 13.2 Å². The standard InChI is InChI=1S/C26H18F3N5O2S/c1-14-9-15(5-7-20(14)36-26(27,28)29)21-8-6-18(37-21)10-16-3-2-4-19-22(16)34-23(24(33-19)25(30)35)17-11-31-13-32-12-17/h2-9,11-13H,10H2,1H3,(H2,30,35). The molecule has 7 nitrogen and oxygen atoms in total. The van der Waals surface area contributed by atoms with Crippen LogP contribution in [0.25, 0.3) is 32.7 Å². The van der Waals surface area contributed by atoms with Gasteiger partial charge in [-0.05, 0) is 60.0 Å². The Morgan fingerprint density at radius 1 is 1.03 bits per heavy atom. The summed E-state index contributed by atoms with van der Waals surface area (Å²) < 4.78 is 41.8. The number of carbonyl (C=O) groups excluding carboxylic acids is 1. The van der Waals surface area contributed by atoms with Crippen molar-refractivity contribution in [2.75, 3.05) is 0 Å². The summed E-state index contributed by atoms with van der Waals surface area (Å²) >= 11 is 1.52. The van der Waals surface area contributed by atoms with Gasteiger partial charge < -0.3 is 10.5 Å². The molecule has 5 rings (SSSR count). The van der Waals surface area contributed by atoms with Crippen LogP contribution in [0.1, 0.15) is 26.5 Å². The SMILES string of the molecule is Cc1cc(-c2ccc(Cc3cccc4nc(C(N)=O)c(-c5cncnc5)nc34)s2)ccc1OC(F)(F)F. The molecule has 11 heteroatoms. The van der Waals surface area contributed by atoms with Crippen molar-refractivity contribution in [1.82, 2.24) is 19.9 Å². The van der Waals surface area contributed by atoms with E-state index < -0.39 is 12.3 Å². The van der Waals surface area contributed by atoms with Crippen LogP contribution in [0.15, 0.2) is 67.3 Å². The molecule has 3 aromatic heterocycles. The minimum atomic E-state index is -4.74. The number of nitrogens with two attached hydrogens (primary N) is 1. The highest BCUT2D eigenvalue weighted by molar-refractivity contribution is 7.15. The summed E-state index contributed by atoms with van der Waals surface area (Å²) in [6.45, 7) is 1.57. The van der Waals surface area contributed by atoms with Crippen LogP contribution < -0.4 is 10.5 Å². The number of hydrogen-bond acceptors (Lipinski definition) is 7. The third kappa shape index (κ3) is 5.26. The molecule has 186 valence electrons. The Kier molecular flexibility index (Phi) is 6.30. The van der Waals surface area contributed by atoms with Crippen LogP contribution in [0, 0.1) is 6.92 Å². The average molecular weight is 522 g/mol. The average Bonchev–Trinajstić information content (AvgIpc) is 3.33. The molecule has 37 heavy (non-hydrogen) atoms. The van der Waals surface area contributed by atoms with Crippen LogP contribution in [-0.2, 0) is 6.42 Å². The molecule has 0 bridgehead atoms. The smallest absolute Gasteiger partial charge is 0.406 e. The number of thiophene rings is 1. The fraction of sp³-hybridized carbons (Fsp3) is 0.115. The minimum absolute atomic E-state index is 0.0335. The Bertz CT molecular complexity index is 1620. The molecule has 0 saturated heterocycles. The maximum Gasteiger partial charge on any atom is 0.573 e. The number of halogens is 3. The first-order valence-corrected chi connectivity index (χ1v) is 11.8. The molecule has 0 aliphatic heterocycles. The van der Waals surface area contributed by atoms with E-state index in [4.69, 9.17) is 10.7 Å². The van der Waals surface area contributed by atoms with Crippen molar-refractivity contribution < 1.29 is 22.7 Å². The number of benzene rings is 2. The molecule has 2 N–H and O–H groups in total. The first-order valence-electron chi connectivity index (χ1n) is 11.0. The largest absolute Gasteiger partial charge is 0.573 e. The van der Waals surface area contributed by atoms with Gasteiger partial charge >= 0.3 is 6.36 Å². The number of alkyl halides is 3. The summed E-state index contributed by atoms with van der Waals surface area (Å²) in [7, 11) is 0. The third-order valence-corrected chi connectivity index (χ3v) is 6.69. The number of aromatic nitrogens is 4. The normalized spacial score (nSPS) is 11.6. The van der Waals surface area contributed by atoms with Crippen LogP contribution in [0.3, 0.4) is 0 Å². The monoisotopic (exact) mass is 521 g/mol. The number of rotatable bonds is 6. The maximum absolute atomic E-state index is 12.6. The lowest BCUT2D eigenvalue weighted by Gasteiger charge is -2.12. The number of aryl methyl sites for hydroxylation is 1. The molecule has 0 unspecified atom stereocenters. The minimum Gasteiger partial charge on any atom is -0.406 e. The molecule has 0 atom stereocenters. The lowest BCUT2D eigenvalue weighted by Crippen LogP contribution is -2.17. The van der Waals surface area contributed by atoms with Crippen molar-refractivity contribution in [1.29, 1.82) is 0 Å². The zero-order valence-corrected chi connectivity index (χ0v) is 20.1. The Balaban J connectivity index is 1.48. The van der Waals surface area contributed by atoms with Crippen LogP contribution in [0.5, 0.6) is 5.75 Å². The number of para-hydroxylation sites is 1. The lowest BCUT2D eigenvalue weighted by molar-refractivity contribution is -0.274. The van der Waals surface area contributed by atoms with E-state index in [2.05, 4.69) is 19.7 Å². The molecular formula is C26H18F3N5O2S. The molecule has 5 aromatic rings. The predicted molar refractivity (Wildman–Crippen MR) is 133 cm³/mol. The summed E-state index contributed by atoms with van der Waals surface area (Å²) in [6, 6.07) is 14.0. The van der Waals surface area contributed by atoms with Crippen LogP contribution in [-0.4, -0.2) is 32.2 Å². The summed E-state index contributed by atoms with van der Waals surface area (Å²) in [5.74, 6) is -0.930. The molecule has 0 aliphatic carbocycles. The number of hydrogen-bond donors (Lipinski definition) is 1. The van der Waals surface area contributed by atoms with Crippen molar-refractivity contribution in [2.45, 2.75) is 19.7 Å². The van der Waals surface area contributed by atoms with E-state index >= 15 is 0 Å². The van der Waals surface area contributed by atoms with Gasteiger partial charge in [-0.25, -0.2) is 19.9 Å². The summed E-state index contributed by atoms with van der Waals surface area (Å²) in [5.41, 5.74) is 9.63. The van der Waals surface area contributed by atoms with E-state index in [-0.39, 0.29) is 11.4 Å². The molecule has 0 spiro atoms. The summed E-state index contributed by atoms with van der Waals surface area (Å²) in [6.07, 6.45) is 0.244. The van der Waals surface area contributed by atoms with Gasteiger partial charge in [0.05, 0.1) is 11.0 Å². The van der Waals surface area contributed by atoms with Gasteiger partial charge in [0.2, 0.25) is 0 Å². The number of nitrogens with zero attached hydrogens (tertiary/aromatic N) is 4. The van der Waals surface area contributed by atoms with E-state index in [1.54, 1.807) is 25.1 Å². The third-order valence-electron chi connectivity index (χ3n) is 5.56. The van der Waals surface area contributed by atoms with Gasteiger partial charge in [-0.15, -0.1) is 24.5 Å². The first kappa shape index (κ1) is 24.3. The number of carbonyl (C=O) groups is 1. The Morgan fingerprint density at radius 3 is 2.51 bits per heavy atom. The molecular weight excluding hydrogens is 503 g/mol. The zero-order valence-electron chi connectivity index (χ0n) is 19.3. The van der Waals surface area contributed by atoms with Gasteiger partial charge in [0, 0.05) is 34.1 Å². The highest BCUT2D eigenvalue weighted by Gasteiger charge is 2.31. The fourth-order valence-corrected chi connectivity index (χ4v) is 4.96. The van der Waals surface area contributed by atoms with E-state index in [1.807, 2.05) is 24.3 Å². The molecule has 0 saturated carbocycles. The number of primary amides is 1. The van der Waals surface area contributed by atoms with Crippen molar-refractivity contribution >= 4 is 28.3 Å². The Labute approximate surface area is 212 Å². The maximum atomic E-state index is 12.6. The molecule has 1 amide bonds. The second-order valence-corrected chi connectivity index (χ2v) is 9.34. The summed E-state index contributed by atoms with van der Waals surface area (Å²) in [5, 5.41) is 0. The van der Waals surface area contributed by atoms with Crippen LogP contribution in [0.2, 0.25) is 0 Å². The second-order valence-electron chi connectivity index (χ2n) is 8.17. The van der Waals surface area contributed by atoms with Gasteiger partial charge in [-0.2, -0.15) is 0 Å². The Hall–Kier alpha value is -4.38. The molecule has 2 aromatic carbocycles. The highest BCUT2D eigenvalue weighted by atomic mass is 32.1. The lowest BCUT2D eigenvalue weighted by atomic mass is 10.1. The van der Waals surface area contributed by atoms with Crippen LogP contribution >= 0.6 is 11.3 Å². The summed E-state index contributed by atoms with van der Waals surface area (Å²) in [4.78, 5) is 31.2. The predicted octanol–water partition coefficient (Wildman–Crippen LogP) is 5.71. The van der Waals surface area contributed by atoms with Crippen molar-refractivity contribution in [3.63, 3.8) is 0 Å². The van der Waals surface area contributed by atoms with Crippen molar-refractivity contribution in [3.05, 3.63) is 88.9 Å². The van der Waals surface area contributed by atoms with Crippen molar-refractivity contribution in [2.24, 2.45) is 5.73 Å². The van der Waals surface area contributed by atoms with E-state index in [1.165, 1.54) is 36.1 Å². The van der Waals surface area contributed by atoms with Gasteiger partial charge in [0.25, 0.3) is 5.91 Å². The molecule has 3 heterocycles. The van der Waals surface area contributed by atoms with E-state index in [9.17, 15) is 18.0 Å². The van der Waals surface area contributed by atoms with Gasteiger partial charge in [-0.1, -0.05) is 12.1 Å². The molecule has 0 aliphatic rings. The number of amides is 1. The molecule has 0 radical (unpaired) electrons. The number of fused-ring (bicyclic) bond motifs is 1.